The van der Waals surface area contributed by atoms with Crippen LogP contribution in [0.4, 0.5) is 11.4 Å². The first kappa shape index (κ1) is 21.9. The van der Waals surface area contributed by atoms with Crippen LogP contribution >= 0.6 is 0 Å². The first-order chi connectivity index (χ1) is 14.4. The maximum absolute atomic E-state index is 13.3. The molecule has 2 N–H and O–H groups in total. The Morgan fingerprint density at radius 2 is 1.77 bits per heavy atom. The average molecular weight is 409 g/mol. The number of nitrogens with zero attached hydrogens (tertiary/aromatic N) is 1. The van der Waals surface area contributed by atoms with E-state index in [9.17, 15) is 9.59 Å². The highest BCUT2D eigenvalue weighted by Gasteiger charge is 2.50. The zero-order valence-electron chi connectivity index (χ0n) is 18.1. The number of aryl methyl sites for hydroxylation is 1. The molecular weight excluding hydrogens is 376 g/mol. The van der Waals surface area contributed by atoms with Crippen molar-refractivity contribution in [3.8, 4) is 0 Å². The lowest BCUT2D eigenvalue weighted by Gasteiger charge is -2.44. The van der Waals surface area contributed by atoms with Crippen LogP contribution in [0.1, 0.15) is 45.6 Å². The Bertz CT molecular complexity index is 844. The van der Waals surface area contributed by atoms with Crippen LogP contribution in [0.3, 0.4) is 0 Å². The summed E-state index contributed by atoms with van der Waals surface area (Å²) in [6.45, 7) is 6.70. The van der Waals surface area contributed by atoms with E-state index in [1.807, 2.05) is 80.3 Å². The number of cyclic esters (lactones) is 1. The first-order valence-electron chi connectivity index (χ1n) is 10.8. The second kappa shape index (κ2) is 9.33. The zero-order valence-corrected chi connectivity index (χ0v) is 18.1. The van der Waals surface area contributed by atoms with Crippen LogP contribution in [-0.2, 0) is 20.7 Å². The molecule has 5 nitrogen and oxygen atoms in total. The van der Waals surface area contributed by atoms with Gasteiger partial charge in [-0.25, -0.2) is 4.79 Å². The molecule has 2 atom stereocenters. The molecule has 2 aromatic rings. The number of carbonyl (C=O) groups is 2. The third-order valence-electron chi connectivity index (χ3n) is 6.04. The molecule has 1 aliphatic heterocycles. The highest BCUT2D eigenvalue weighted by Crippen LogP contribution is 2.37. The van der Waals surface area contributed by atoms with Crippen LogP contribution in [0, 0.1) is 5.92 Å². The largest absolute Gasteiger partial charge is 0.456 e. The second-order valence-electron chi connectivity index (χ2n) is 8.46. The summed E-state index contributed by atoms with van der Waals surface area (Å²) in [6, 6.07) is 16.5. The van der Waals surface area contributed by atoms with E-state index in [4.69, 9.17) is 10.5 Å². The van der Waals surface area contributed by atoms with Gasteiger partial charge in [0.25, 0.3) is 0 Å². The standard InChI is InChI=1S/C25H32N2O3/c1-4-16-27(21-8-6-5-7-9-21)23-22(28)17-25(18(2)3,30-24(23)29)15-14-19-10-12-20(26)13-11-19/h5-13,18,23H,4,14-17,26H2,1-3H3. The van der Waals surface area contributed by atoms with Gasteiger partial charge in [0.1, 0.15) is 5.60 Å². The van der Waals surface area contributed by atoms with Crippen LogP contribution < -0.4 is 10.6 Å². The number of hydrogen-bond donors (Lipinski definition) is 1. The fourth-order valence-electron chi connectivity index (χ4n) is 4.17. The third-order valence-corrected chi connectivity index (χ3v) is 6.04. The molecule has 0 aliphatic carbocycles. The molecular formula is C25H32N2O3. The molecule has 1 saturated heterocycles. The predicted octanol–water partition coefficient (Wildman–Crippen LogP) is 4.40. The maximum Gasteiger partial charge on any atom is 0.337 e. The van der Waals surface area contributed by atoms with E-state index in [1.54, 1.807) is 0 Å². The fraction of sp³-hybridized carbons (Fsp3) is 0.440. The third kappa shape index (κ3) is 4.66. The SMILES string of the molecule is CCCN(c1ccccc1)C1C(=O)CC(CCc2ccc(N)cc2)(C(C)C)OC1=O. The summed E-state index contributed by atoms with van der Waals surface area (Å²) < 4.78 is 6.09. The molecule has 2 aromatic carbocycles. The molecule has 5 heteroatoms. The summed E-state index contributed by atoms with van der Waals surface area (Å²) in [5, 5.41) is 0. The number of ether oxygens (including phenoxy) is 1. The van der Waals surface area contributed by atoms with Gasteiger partial charge in [-0.15, -0.1) is 0 Å². The molecule has 1 fully saturated rings. The van der Waals surface area contributed by atoms with Crippen molar-refractivity contribution in [2.45, 2.75) is 58.1 Å². The Morgan fingerprint density at radius 1 is 1.10 bits per heavy atom. The van der Waals surface area contributed by atoms with Gasteiger partial charge in [0, 0.05) is 24.3 Å². The summed E-state index contributed by atoms with van der Waals surface area (Å²) in [5.41, 5.74) is 7.70. The normalized spacial score (nSPS) is 21.5. The van der Waals surface area contributed by atoms with Crippen LogP contribution in [0.25, 0.3) is 0 Å². The Labute approximate surface area is 179 Å². The number of Topliss-reactive ketones (excluding diaryl/α,β-unsaturated/α-hetero) is 1. The number of hydrogen-bond acceptors (Lipinski definition) is 5. The number of benzene rings is 2. The highest BCUT2D eigenvalue weighted by molar-refractivity contribution is 6.08. The quantitative estimate of drug-likeness (QED) is 0.398. The minimum absolute atomic E-state index is 0.0384. The molecule has 0 spiro atoms. The van der Waals surface area contributed by atoms with Gasteiger partial charge in [-0.1, -0.05) is 51.1 Å². The summed E-state index contributed by atoms with van der Waals surface area (Å²) >= 11 is 0. The number of nitrogens with two attached hydrogens (primary N) is 1. The van der Waals surface area contributed by atoms with Gasteiger partial charge >= 0.3 is 5.97 Å². The summed E-state index contributed by atoms with van der Waals surface area (Å²) in [5.74, 6) is -0.458. The van der Waals surface area contributed by atoms with Crippen LogP contribution in [0.2, 0.25) is 0 Å². The molecule has 0 saturated carbocycles. The minimum Gasteiger partial charge on any atom is -0.456 e. The lowest BCUT2D eigenvalue weighted by atomic mass is 9.77. The van der Waals surface area contributed by atoms with Crippen LogP contribution in [0.15, 0.2) is 54.6 Å². The van der Waals surface area contributed by atoms with Gasteiger partial charge in [0.2, 0.25) is 0 Å². The average Bonchev–Trinajstić information content (AvgIpc) is 2.73. The number of anilines is 2. The first-order valence-corrected chi connectivity index (χ1v) is 10.8. The molecule has 0 bridgehead atoms. The van der Waals surface area contributed by atoms with Gasteiger partial charge in [-0.2, -0.15) is 0 Å². The van der Waals surface area contributed by atoms with E-state index in [-0.39, 0.29) is 18.1 Å². The van der Waals surface area contributed by atoms with Gasteiger partial charge in [-0.05, 0) is 55.0 Å². The van der Waals surface area contributed by atoms with Crippen molar-refractivity contribution < 1.29 is 14.3 Å². The Morgan fingerprint density at radius 3 is 2.33 bits per heavy atom. The van der Waals surface area contributed by atoms with Crippen molar-refractivity contribution in [1.82, 2.24) is 0 Å². The minimum atomic E-state index is -0.879. The smallest absolute Gasteiger partial charge is 0.337 e. The van der Waals surface area contributed by atoms with E-state index in [1.165, 1.54) is 0 Å². The van der Waals surface area contributed by atoms with Gasteiger partial charge in [-0.3, -0.25) is 4.79 Å². The van der Waals surface area contributed by atoms with Crippen molar-refractivity contribution in [1.29, 1.82) is 0 Å². The number of carbonyl (C=O) groups excluding carboxylic acids is 2. The van der Waals surface area contributed by atoms with Crippen LogP contribution in [-0.4, -0.2) is 29.9 Å². The van der Waals surface area contributed by atoms with E-state index < -0.39 is 17.6 Å². The van der Waals surface area contributed by atoms with Crippen molar-refractivity contribution in [2.24, 2.45) is 5.92 Å². The van der Waals surface area contributed by atoms with E-state index >= 15 is 0 Å². The zero-order chi connectivity index (χ0) is 21.7. The molecule has 2 unspecified atom stereocenters. The van der Waals surface area contributed by atoms with Crippen molar-refractivity contribution >= 4 is 23.1 Å². The van der Waals surface area contributed by atoms with Crippen molar-refractivity contribution in [3.05, 3.63) is 60.2 Å². The van der Waals surface area contributed by atoms with E-state index in [0.717, 1.165) is 29.8 Å². The fourth-order valence-corrected chi connectivity index (χ4v) is 4.17. The Balaban J connectivity index is 1.81. The van der Waals surface area contributed by atoms with E-state index in [2.05, 4.69) is 0 Å². The Hall–Kier alpha value is -2.82. The number of para-hydroxylation sites is 1. The molecule has 1 aliphatic rings. The summed E-state index contributed by atoms with van der Waals surface area (Å²) in [6.07, 6.45) is 2.40. The lowest BCUT2D eigenvalue weighted by molar-refractivity contribution is -0.179. The lowest BCUT2D eigenvalue weighted by Crippen LogP contribution is -2.59. The Kier molecular flexibility index (Phi) is 6.80. The molecule has 30 heavy (non-hydrogen) atoms. The van der Waals surface area contributed by atoms with Crippen molar-refractivity contribution in [3.63, 3.8) is 0 Å². The molecule has 1 heterocycles. The summed E-state index contributed by atoms with van der Waals surface area (Å²) in [7, 11) is 0. The number of ketones is 1. The van der Waals surface area contributed by atoms with Crippen LogP contribution in [0.5, 0.6) is 0 Å². The van der Waals surface area contributed by atoms with Gasteiger partial charge in [0.15, 0.2) is 11.8 Å². The molecule has 160 valence electrons. The molecule has 0 radical (unpaired) electrons. The monoisotopic (exact) mass is 408 g/mol. The van der Waals surface area contributed by atoms with Crippen molar-refractivity contribution in [2.75, 3.05) is 17.2 Å². The number of nitrogen functional groups attached to an aromatic ring is 1. The number of rotatable bonds is 8. The molecule has 0 amide bonds. The maximum atomic E-state index is 13.3. The van der Waals surface area contributed by atoms with Gasteiger partial charge in [0.05, 0.1) is 0 Å². The number of esters is 1. The molecule has 3 rings (SSSR count). The van der Waals surface area contributed by atoms with E-state index in [0.29, 0.717) is 13.0 Å². The molecule has 0 aromatic heterocycles. The predicted molar refractivity (Wildman–Crippen MR) is 120 cm³/mol. The van der Waals surface area contributed by atoms with Gasteiger partial charge < -0.3 is 15.4 Å². The second-order valence-corrected chi connectivity index (χ2v) is 8.46. The highest BCUT2D eigenvalue weighted by atomic mass is 16.6. The summed E-state index contributed by atoms with van der Waals surface area (Å²) in [4.78, 5) is 28.4. The topological polar surface area (TPSA) is 72.6 Å².